The summed E-state index contributed by atoms with van der Waals surface area (Å²) < 4.78 is 10.00. The molecule has 0 atom stereocenters. The first-order valence-electron chi connectivity index (χ1n) is 7.99. The summed E-state index contributed by atoms with van der Waals surface area (Å²) in [4.78, 5) is 38.3. The molecule has 134 valence electrons. The average Bonchev–Trinajstić information content (AvgIpc) is 2.90. The van der Waals surface area contributed by atoms with Crippen LogP contribution in [0.5, 0.6) is 5.75 Å². The fourth-order valence-electron chi connectivity index (χ4n) is 2.70. The van der Waals surface area contributed by atoms with Crippen LogP contribution in [-0.4, -0.2) is 50.0 Å². The Morgan fingerprint density at radius 3 is 2.35 bits per heavy atom. The van der Waals surface area contributed by atoms with Gasteiger partial charge < -0.3 is 14.8 Å². The molecule has 0 unspecified atom stereocenters. The molecule has 1 N–H and O–H groups in total. The normalized spacial score (nSPS) is 12.9. The van der Waals surface area contributed by atoms with Crippen molar-refractivity contribution in [2.45, 2.75) is 0 Å². The minimum absolute atomic E-state index is 0.177. The van der Waals surface area contributed by atoms with Gasteiger partial charge in [0.05, 0.1) is 31.4 Å². The number of fused-ring (bicyclic) bond motifs is 1. The molecule has 0 bridgehead atoms. The largest absolute Gasteiger partial charge is 0.497 e. The number of hydrogen-bond donors (Lipinski definition) is 1. The van der Waals surface area contributed by atoms with Gasteiger partial charge in [-0.1, -0.05) is 0 Å². The number of carbonyl (C=O) groups excluding carboxylic acids is 3. The first-order valence-corrected chi connectivity index (χ1v) is 7.99. The van der Waals surface area contributed by atoms with E-state index >= 15 is 0 Å². The Kier molecular flexibility index (Phi) is 4.99. The van der Waals surface area contributed by atoms with Gasteiger partial charge in [0.2, 0.25) is 0 Å². The van der Waals surface area contributed by atoms with Crippen LogP contribution >= 0.6 is 0 Å². The summed E-state index contributed by atoms with van der Waals surface area (Å²) in [5, 5.41) is 2.75. The van der Waals surface area contributed by atoms with Gasteiger partial charge in [-0.05, 0) is 42.5 Å². The van der Waals surface area contributed by atoms with Gasteiger partial charge >= 0.3 is 0 Å². The maximum absolute atomic E-state index is 12.4. The van der Waals surface area contributed by atoms with Gasteiger partial charge in [-0.25, -0.2) is 0 Å². The molecule has 0 saturated heterocycles. The SMILES string of the molecule is COCCN1C(=O)c2ccc(C(=O)Nc3ccc(OC)cc3)cc2C1=O. The van der Waals surface area contributed by atoms with E-state index in [1.807, 2.05) is 0 Å². The van der Waals surface area contributed by atoms with Crippen LogP contribution in [0.2, 0.25) is 0 Å². The first kappa shape index (κ1) is 17.6. The van der Waals surface area contributed by atoms with Gasteiger partial charge in [0.25, 0.3) is 17.7 Å². The number of imide groups is 1. The van der Waals surface area contributed by atoms with E-state index in [1.54, 1.807) is 31.4 Å². The van der Waals surface area contributed by atoms with Crippen LogP contribution in [0, 0.1) is 0 Å². The molecule has 1 aliphatic rings. The van der Waals surface area contributed by atoms with Crippen LogP contribution in [0.4, 0.5) is 5.69 Å². The van der Waals surface area contributed by atoms with Crippen molar-refractivity contribution >= 4 is 23.4 Å². The number of benzene rings is 2. The molecule has 26 heavy (non-hydrogen) atoms. The van der Waals surface area contributed by atoms with Crippen molar-refractivity contribution in [3.05, 3.63) is 59.2 Å². The molecule has 2 aromatic carbocycles. The second-order valence-corrected chi connectivity index (χ2v) is 5.70. The Morgan fingerprint density at radius 2 is 1.69 bits per heavy atom. The number of amides is 3. The van der Waals surface area contributed by atoms with Crippen molar-refractivity contribution in [3.63, 3.8) is 0 Å². The number of anilines is 1. The average molecular weight is 354 g/mol. The Bertz CT molecular complexity index is 861. The second kappa shape index (κ2) is 7.37. The van der Waals surface area contributed by atoms with Crippen LogP contribution in [-0.2, 0) is 4.74 Å². The lowest BCUT2D eigenvalue weighted by Gasteiger charge is -2.12. The van der Waals surface area contributed by atoms with Gasteiger partial charge in [-0.3, -0.25) is 19.3 Å². The molecule has 0 aliphatic carbocycles. The number of carbonyl (C=O) groups is 3. The van der Waals surface area contributed by atoms with Crippen molar-refractivity contribution in [2.24, 2.45) is 0 Å². The van der Waals surface area contributed by atoms with Crippen LogP contribution in [0.3, 0.4) is 0 Å². The summed E-state index contributed by atoms with van der Waals surface area (Å²) in [5.41, 5.74) is 1.43. The zero-order valence-electron chi connectivity index (χ0n) is 14.4. The van der Waals surface area contributed by atoms with E-state index in [0.29, 0.717) is 22.6 Å². The molecule has 0 radical (unpaired) electrons. The van der Waals surface area contributed by atoms with E-state index in [-0.39, 0.29) is 30.5 Å². The summed E-state index contributed by atoms with van der Waals surface area (Å²) in [6.45, 7) is 0.437. The molecule has 7 nitrogen and oxygen atoms in total. The molecule has 0 spiro atoms. The number of rotatable bonds is 6. The quantitative estimate of drug-likeness (QED) is 0.804. The third kappa shape index (κ3) is 3.29. The molecule has 3 rings (SSSR count). The summed E-state index contributed by atoms with van der Waals surface area (Å²) in [6, 6.07) is 11.4. The number of ether oxygens (including phenoxy) is 2. The highest BCUT2D eigenvalue weighted by molar-refractivity contribution is 6.22. The lowest BCUT2D eigenvalue weighted by Crippen LogP contribution is -2.32. The van der Waals surface area contributed by atoms with Gasteiger partial charge in [-0.15, -0.1) is 0 Å². The smallest absolute Gasteiger partial charge is 0.261 e. The molecule has 3 amide bonds. The van der Waals surface area contributed by atoms with Gasteiger partial charge in [0.1, 0.15) is 5.75 Å². The first-order chi connectivity index (χ1) is 12.5. The predicted octanol–water partition coefficient (Wildman–Crippen LogP) is 2.19. The summed E-state index contributed by atoms with van der Waals surface area (Å²) >= 11 is 0. The Morgan fingerprint density at radius 1 is 1.00 bits per heavy atom. The van der Waals surface area contributed by atoms with Crippen molar-refractivity contribution in [1.29, 1.82) is 0 Å². The van der Waals surface area contributed by atoms with Crippen molar-refractivity contribution in [1.82, 2.24) is 4.90 Å². The molecular weight excluding hydrogens is 336 g/mol. The molecule has 7 heteroatoms. The van der Waals surface area contributed by atoms with E-state index in [0.717, 1.165) is 4.90 Å². The molecule has 1 heterocycles. The fraction of sp³-hybridized carbons (Fsp3) is 0.211. The van der Waals surface area contributed by atoms with Gasteiger partial charge in [0, 0.05) is 18.4 Å². The van der Waals surface area contributed by atoms with Crippen molar-refractivity contribution in [2.75, 3.05) is 32.7 Å². The Balaban J connectivity index is 1.79. The van der Waals surface area contributed by atoms with E-state index in [1.165, 1.54) is 25.3 Å². The van der Waals surface area contributed by atoms with Crippen molar-refractivity contribution in [3.8, 4) is 5.75 Å². The number of methoxy groups -OCH3 is 2. The minimum atomic E-state index is -0.416. The third-order valence-electron chi connectivity index (χ3n) is 4.10. The molecule has 0 saturated carbocycles. The van der Waals surface area contributed by atoms with Crippen LogP contribution < -0.4 is 10.1 Å². The van der Waals surface area contributed by atoms with Gasteiger partial charge in [-0.2, -0.15) is 0 Å². The molecule has 0 aromatic heterocycles. The zero-order valence-corrected chi connectivity index (χ0v) is 14.4. The summed E-state index contributed by atoms with van der Waals surface area (Å²) in [7, 11) is 3.06. The van der Waals surface area contributed by atoms with E-state index in [2.05, 4.69) is 5.32 Å². The monoisotopic (exact) mass is 354 g/mol. The lowest BCUT2D eigenvalue weighted by atomic mass is 10.1. The Hall–Kier alpha value is -3.19. The Labute approximate surface area is 150 Å². The van der Waals surface area contributed by atoms with E-state index in [4.69, 9.17) is 9.47 Å². The number of nitrogens with zero attached hydrogens (tertiary/aromatic N) is 1. The topological polar surface area (TPSA) is 84.9 Å². The second-order valence-electron chi connectivity index (χ2n) is 5.70. The van der Waals surface area contributed by atoms with E-state index < -0.39 is 5.91 Å². The highest BCUT2D eigenvalue weighted by Crippen LogP contribution is 2.24. The molecule has 2 aromatic rings. The van der Waals surface area contributed by atoms with E-state index in [9.17, 15) is 14.4 Å². The number of nitrogens with one attached hydrogen (secondary N) is 1. The summed E-state index contributed by atoms with van der Waals surface area (Å²) in [5.74, 6) is -0.473. The van der Waals surface area contributed by atoms with Gasteiger partial charge in [0.15, 0.2) is 0 Å². The predicted molar refractivity (Wildman–Crippen MR) is 94.6 cm³/mol. The highest BCUT2D eigenvalue weighted by Gasteiger charge is 2.35. The third-order valence-corrected chi connectivity index (χ3v) is 4.10. The summed E-state index contributed by atoms with van der Waals surface area (Å²) in [6.07, 6.45) is 0. The van der Waals surface area contributed by atoms with Crippen LogP contribution in [0.15, 0.2) is 42.5 Å². The highest BCUT2D eigenvalue weighted by atomic mass is 16.5. The maximum atomic E-state index is 12.4. The zero-order chi connectivity index (χ0) is 18.7. The molecular formula is C19H18N2O5. The van der Waals surface area contributed by atoms with Crippen LogP contribution in [0.25, 0.3) is 0 Å². The molecule has 0 fully saturated rings. The lowest BCUT2D eigenvalue weighted by molar-refractivity contribution is 0.0603. The van der Waals surface area contributed by atoms with Crippen LogP contribution in [0.1, 0.15) is 31.1 Å². The van der Waals surface area contributed by atoms with Crippen molar-refractivity contribution < 1.29 is 23.9 Å². The maximum Gasteiger partial charge on any atom is 0.261 e. The molecule has 1 aliphatic heterocycles. The number of hydrogen-bond acceptors (Lipinski definition) is 5. The fourth-order valence-corrected chi connectivity index (χ4v) is 2.70. The minimum Gasteiger partial charge on any atom is -0.497 e. The standard InChI is InChI=1S/C19H18N2O5/c1-25-10-9-21-18(23)15-8-3-12(11-16(15)19(21)24)17(22)20-13-4-6-14(26-2)7-5-13/h3-8,11H,9-10H2,1-2H3,(H,20,22).